The molecule has 7 nitrogen and oxygen atoms in total. The minimum atomic E-state index is -3.95. The Labute approximate surface area is 220 Å². The first kappa shape index (κ1) is 24.8. The van der Waals surface area contributed by atoms with Crippen molar-refractivity contribution in [3.63, 3.8) is 0 Å². The Kier molecular flexibility index (Phi) is 6.62. The third-order valence-corrected chi connectivity index (χ3v) is 7.94. The number of amides is 2. The van der Waals surface area contributed by atoms with E-state index in [2.05, 4.69) is 17.0 Å². The smallest absolute Gasteiger partial charge is 0.261 e. The van der Waals surface area contributed by atoms with Gasteiger partial charge in [-0.15, -0.1) is 0 Å². The second-order valence-electron chi connectivity index (χ2n) is 8.73. The molecule has 0 bridgehead atoms. The molecule has 0 saturated heterocycles. The zero-order valence-corrected chi connectivity index (χ0v) is 21.6. The number of carbonyl (C=O) groups is 2. The van der Waals surface area contributed by atoms with E-state index in [0.29, 0.717) is 22.8 Å². The van der Waals surface area contributed by atoms with Crippen molar-refractivity contribution in [1.82, 2.24) is 0 Å². The monoisotopic (exact) mass is 533 g/mol. The number of sulfonamides is 1. The number of hydrogen-bond donors (Lipinski definition) is 2. The van der Waals surface area contributed by atoms with E-state index in [1.807, 2.05) is 12.1 Å². The number of para-hydroxylation sites is 1. The van der Waals surface area contributed by atoms with Crippen LogP contribution in [0.25, 0.3) is 10.8 Å². The van der Waals surface area contributed by atoms with Crippen LogP contribution in [0.15, 0.2) is 83.8 Å². The number of benzene rings is 4. The number of carbonyl (C=O) groups excluding carboxylic acids is 2. The number of nitrogens with zero attached hydrogens (tertiary/aromatic N) is 1. The summed E-state index contributed by atoms with van der Waals surface area (Å²) >= 11 is 5.88. The number of anilines is 3. The van der Waals surface area contributed by atoms with Gasteiger partial charge in [0.15, 0.2) is 0 Å². The molecule has 9 heteroatoms. The second kappa shape index (κ2) is 9.88. The third-order valence-electron chi connectivity index (χ3n) is 6.31. The van der Waals surface area contributed by atoms with Crippen molar-refractivity contribution in [1.29, 1.82) is 0 Å². The fraction of sp³-hybridized carbons (Fsp3) is 0.143. The van der Waals surface area contributed by atoms with Crippen LogP contribution in [-0.2, 0) is 10.0 Å². The molecule has 2 N–H and O–H groups in total. The van der Waals surface area contributed by atoms with E-state index < -0.39 is 15.9 Å². The van der Waals surface area contributed by atoms with Gasteiger partial charge < -0.3 is 10.2 Å². The van der Waals surface area contributed by atoms with Crippen molar-refractivity contribution < 1.29 is 18.0 Å². The first-order valence-corrected chi connectivity index (χ1v) is 13.7. The van der Waals surface area contributed by atoms with Gasteiger partial charge in [0, 0.05) is 33.6 Å². The maximum absolute atomic E-state index is 13.4. The van der Waals surface area contributed by atoms with E-state index in [9.17, 15) is 18.0 Å². The zero-order chi connectivity index (χ0) is 26.2. The molecule has 0 fully saturated rings. The lowest BCUT2D eigenvalue weighted by Gasteiger charge is -2.18. The summed E-state index contributed by atoms with van der Waals surface area (Å²) in [6.45, 7) is 2.71. The highest BCUT2D eigenvalue weighted by atomic mass is 35.5. The molecule has 1 aliphatic rings. The van der Waals surface area contributed by atoms with Gasteiger partial charge in [0.2, 0.25) is 0 Å². The summed E-state index contributed by atoms with van der Waals surface area (Å²) in [4.78, 5) is 28.2. The SMILES string of the molecule is CCCCN1C(=O)c2cccc3c(NC(=O)c4ccccc4NS(=O)(=O)c4ccc(Cl)cc4)ccc1c23. The lowest BCUT2D eigenvalue weighted by atomic mass is 10.0. The topological polar surface area (TPSA) is 95.6 Å². The summed E-state index contributed by atoms with van der Waals surface area (Å²) in [6, 6.07) is 21.2. The van der Waals surface area contributed by atoms with E-state index in [1.54, 1.807) is 41.3 Å². The molecular weight excluding hydrogens is 510 g/mol. The summed E-state index contributed by atoms with van der Waals surface area (Å²) in [5.41, 5.74) is 2.27. The fourth-order valence-electron chi connectivity index (χ4n) is 4.47. The van der Waals surface area contributed by atoms with Gasteiger partial charge in [0.25, 0.3) is 21.8 Å². The van der Waals surface area contributed by atoms with Crippen LogP contribution in [0.1, 0.15) is 40.5 Å². The highest BCUT2D eigenvalue weighted by Crippen LogP contribution is 2.41. The molecule has 188 valence electrons. The molecule has 4 aromatic carbocycles. The van der Waals surface area contributed by atoms with Gasteiger partial charge in [-0.1, -0.05) is 49.2 Å². The highest BCUT2D eigenvalue weighted by molar-refractivity contribution is 7.92. The van der Waals surface area contributed by atoms with E-state index in [-0.39, 0.29) is 22.1 Å². The van der Waals surface area contributed by atoms with Gasteiger partial charge in [-0.3, -0.25) is 14.3 Å². The minimum absolute atomic E-state index is 0.0249. The maximum atomic E-state index is 13.4. The molecule has 0 saturated carbocycles. The predicted octanol–water partition coefficient (Wildman–Crippen LogP) is 6.31. The Hall–Kier alpha value is -3.88. The standard InChI is InChI=1S/C28H24ClN3O4S/c1-2-3-17-32-25-16-15-23(20-8-6-9-22(26(20)25)28(32)34)30-27(33)21-7-4-5-10-24(21)31-37(35,36)19-13-11-18(29)12-14-19/h4-16,31H,2-3,17H2,1H3,(H,30,33). The van der Waals surface area contributed by atoms with Crippen molar-refractivity contribution in [3.8, 4) is 0 Å². The molecule has 0 atom stereocenters. The number of nitrogens with one attached hydrogen (secondary N) is 2. The zero-order valence-electron chi connectivity index (χ0n) is 20.0. The van der Waals surface area contributed by atoms with Crippen LogP contribution in [0.5, 0.6) is 0 Å². The molecule has 2 amide bonds. The summed E-state index contributed by atoms with van der Waals surface area (Å²) in [5.74, 6) is -0.526. The van der Waals surface area contributed by atoms with E-state index >= 15 is 0 Å². The first-order chi connectivity index (χ1) is 17.8. The molecule has 0 aromatic heterocycles. The summed E-state index contributed by atoms with van der Waals surface area (Å²) < 4.78 is 28.3. The van der Waals surface area contributed by atoms with Gasteiger partial charge >= 0.3 is 0 Å². The number of hydrogen-bond acceptors (Lipinski definition) is 4. The van der Waals surface area contributed by atoms with Crippen molar-refractivity contribution >= 4 is 61.3 Å². The van der Waals surface area contributed by atoms with E-state index in [4.69, 9.17) is 11.6 Å². The van der Waals surface area contributed by atoms with Crippen molar-refractivity contribution in [2.24, 2.45) is 0 Å². The van der Waals surface area contributed by atoms with Crippen LogP contribution in [0.4, 0.5) is 17.1 Å². The average Bonchev–Trinajstić information content (AvgIpc) is 3.16. The van der Waals surface area contributed by atoms with Crippen molar-refractivity contribution in [2.75, 3.05) is 21.5 Å². The molecule has 1 heterocycles. The normalized spacial score (nSPS) is 12.7. The second-order valence-corrected chi connectivity index (χ2v) is 10.8. The molecule has 0 aliphatic carbocycles. The number of rotatable bonds is 8. The molecule has 0 spiro atoms. The van der Waals surface area contributed by atoms with Gasteiger partial charge in [0.1, 0.15) is 0 Å². The lowest BCUT2D eigenvalue weighted by molar-refractivity contribution is 0.0991. The molecule has 5 rings (SSSR count). The maximum Gasteiger partial charge on any atom is 0.261 e. The third kappa shape index (κ3) is 4.65. The van der Waals surface area contributed by atoms with Crippen molar-refractivity contribution in [3.05, 3.63) is 95.0 Å². The predicted molar refractivity (Wildman–Crippen MR) is 147 cm³/mol. The molecular formula is C28H24ClN3O4S. The van der Waals surface area contributed by atoms with Gasteiger partial charge in [-0.05, 0) is 61.0 Å². The van der Waals surface area contributed by atoms with Crippen LogP contribution < -0.4 is 14.9 Å². The Morgan fingerprint density at radius 2 is 1.68 bits per heavy atom. The van der Waals surface area contributed by atoms with Gasteiger partial charge in [-0.2, -0.15) is 0 Å². The Morgan fingerprint density at radius 3 is 2.43 bits per heavy atom. The van der Waals surface area contributed by atoms with Gasteiger partial charge in [0.05, 0.1) is 21.8 Å². The molecule has 1 aliphatic heterocycles. The van der Waals surface area contributed by atoms with Crippen LogP contribution in [0, 0.1) is 0 Å². The lowest BCUT2D eigenvalue weighted by Crippen LogP contribution is -2.27. The Bertz CT molecular complexity index is 1640. The summed E-state index contributed by atoms with van der Waals surface area (Å²) in [6.07, 6.45) is 1.86. The quantitative estimate of drug-likeness (QED) is 0.277. The largest absolute Gasteiger partial charge is 0.321 e. The van der Waals surface area contributed by atoms with Crippen LogP contribution in [0.3, 0.4) is 0 Å². The van der Waals surface area contributed by atoms with Crippen LogP contribution in [-0.4, -0.2) is 26.8 Å². The van der Waals surface area contributed by atoms with Crippen LogP contribution >= 0.6 is 11.6 Å². The molecule has 37 heavy (non-hydrogen) atoms. The van der Waals surface area contributed by atoms with E-state index in [0.717, 1.165) is 29.3 Å². The van der Waals surface area contributed by atoms with Crippen LogP contribution in [0.2, 0.25) is 5.02 Å². The highest BCUT2D eigenvalue weighted by Gasteiger charge is 2.30. The fourth-order valence-corrected chi connectivity index (χ4v) is 5.68. The first-order valence-electron chi connectivity index (χ1n) is 11.9. The Balaban J connectivity index is 1.46. The summed E-state index contributed by atoms with van der Waals surface area (Å²) in [7, 11) is -3.95. The molecule has 0 unspecified atom stereocenters. The molecule has 4 aromatic rings. The average molecular weight is 534 g/mol. The summed E-state index contributed by atoms with van der Waals surface area (Å²) in [5, 5.41) is 4.87. The number of unbranched alkanes of at least 4 members (excludes halogenated alkanes) is 1. The van der Waals surface area contributed by atoms with Gasteiger partial charge in [-0.25, -0.2) is 8.42 Å². The minimum Gasteiger partial charge on any atom is -0.321 e. The Morgan fingerprint density at radius 1 is 0.919 bits per heavy atom. The van der Waals surface area contributed by atoms with E-state index in [1.165, 1.54) is 30.3 Å². The number of halogens is 1. The van der Waals surface area contributed by atoms with Crippen molar-refractivity contribution in [2.45, 2.75) is 24.7 Å². The molecule has 0 radical (unpaired) electrons.